The summed E-state index contributed by atoms with van der Waals surface area (Å²) < 4.78 is 0. The Hall–Kier alpha value is -2.78. The third kappa shape index (κ3) is 5.36. The van der Waals surface area contributed by atoms with Gasteiger partial charge in [0.1, 0.15) is 0 Å². The molecule has 3 aromatic rings. The normalized spacial score (nSPS) is 9.88. The van der Waals surface area contributed by atoms with E-state index in [1.165, 1.54) is 16.7 Å². The van der Waals surface area contributed by atoms with Gasteiger partial charge in [0.25, 0.3) is 0 Å². The van der Waals surface area contributed by atoms with Crippen molar-refractivity contribution in [1.82, 2.24) is 0 Å². The summed E-state index contributed by atoms with van der Waals surface area (Å²) in [6.07, 6.45) is 0.485. The fraction of sp³-hybridized carbons (Fsp3) is 0.136. The van der Waals surface area contributed by atoms with Crippen LogP contribution in [0.5, 0.6) is 0 Å². The molecule has 0 aromatic heterocycles. The molecule has 2 N–H and O–H groups in total. The molecule has 0 bridgehead atoms. The minimum atomic E-state index is 0. The number of nitrogens with one attached hydrogen (secondary N) is 2. The minimum absolute atomic E-state index is 0. The van der Waals surface area contributed by atoms with Gasteiger partial charge in [-0.2, -0.15) is 0 Å². The molecule has 0 aliphatic heterocycles. The molecule has 0 atom stereocenters. The second-order valence-electron chi connectivity index (χ2n) is 5.90. The van der Waals surface area contributed by atoms with Crippen LogP contribution in [0, 0.1) is 0 Å². The number of anilines is 2. The van der Waals surface area contributed by atoms with Crippen molar-refractivity contribution in [2.24, 2.45) is 0 Å². The zero-order chi connectivity index (χ0) is 17.5. The van der Waals surface area contributed by atoms with Crippen molar-refractivity contribution in [3.05, 3.63) is 84.4 Å². The van der Waals surface area contributed by atoms with Gasteiger partial charge in [-0.15, -0.1) is 0 Å². The van der Waals surface area contributed by atoms with E-state index in [1.807, 2.05) is 37.3 Å². The summed E-state index contributed by atoms with van der Waals surface area (Å²) in [6, 6.07) is 26.7. The standard InChI is InChI=1S/C22H22N2O.ClH/c1-2-22(25)24-21-14-12-20(13-15-21)23-16-17-8-10-19(11-9-17)18-6-4-3-5-7-18;/h3-15,23H,2,16H2,1H3,(H,24,25);1H/p-1. The highest BCUT2D eigenvalue weighted by atomic mass is 35.5. The quantitative estimate of drug-likeness (QED) is 0.704. The number of hydrogen-bond acceptors (Lipinski definition) is 2. The first-order valence-electron chi connectivity index (χ1n) is 8.53. The average molecular weight is 366 g/mol. The third-order valence-corrected chi connectivity index (χ3v) is 4.05. The van der Waals surface area contributed by atoms with Gasteiger partial charge in [-0.05, 0) is 41.0 Å². The topological polar surface area (TPSA) is 41.1 Å². The van der Waals surface area contributed by atoms with E-state index in [0.29, 0.717) is 6.42 Å². The zero-order valence-electron chi connectivity index (χ0n) is 14.7. The maximum Gasteiger partial charge on any atom is 0.224 e. The Morgan fingerprint density at radius 1 is 0.769 bits per heavy atom. The summed E-state index contributed by atoms with van der Waals surface area (Å²) >= 11 is 0. The Labute approximate surface area is 160 Å². The van der Waals surface area contributed by atoms with Crippen molar-refractivity contribution in [3.8, 4) is 11.1 Å². The van der Waals surface area contributed by atoms with E-state index in [-0.39, 0.29) is 18.3 Å². The Morgan fingerprint density at radius 3 is 1.96 bits per heavy atom. The van der Waals surface area contributed by atoms with Gasteiger partial charge >= 0.3 is 0 Å². The van der Waals surface area contributed by atoms with Crippen LogP contribution in [0.3, 0.4) is 0 Å². The molecular formula is C22H22ClN2O-. The number of carbonyl (C=O) groups excluding carboxylic acids is 1. The largest absolute Gasteiger partial charge is 1.00 e. The molecule has 0 radical (unpaired) electrons. The van der Waals surface area contributed by atoms with Crippen molar-refractivity contribution >= 4 is 17.3 Å². The number of benzene rings is 3. The van der Waals surface area contributed by atoms with Crippen molar-refractivity contribution in [2.75, 3.05) is 10.6 Å². The second kappa shape index (κ2) is 9.64. The molecule has 0 unspecified atom stereocenters. The number of carbonyl (C=O) groups is 1. The van der Waals surface area contributed by atoms with E-state index in [4.69, 9.17) is 0 Å². The van der Waals surface area contributed by atoms with Gasteiger partial charge in [0.05, 0.1) is 0 Å². The van der Waals surface area contributed by atoms with E-state index >= 15 is 0 Å². The van der Waals surface area contributed by atoms with Crippen molar-refractivity contribution < 1.29 is 17.2 Å². The van der Waals surface area contributed by atoms with Crippen LogP contribution in [0.1, 0.15) is 18.9 Å². The van der Waals surface area contributed by atoms with Crippen LogP contribution < -0.4 is 23.0 Å². The first-order chi connectivity index (χ1) is 12.2. The van der Waals surface area contributed by atoms with Crippen molar-refractivity contribution in [2.45, 2.75) is 19.9 Å². The minimum Gasteiger partial charge on any atom is -1.00 e. The van der Waals surface area contributed by atoms with Crippen LogP contribution in [-0.2, 0) is 11.3 Å². The molecule has 3 nitrogen and oxygen atoms in total. The summed E-state index contributed by atoms with van der Waals surface area (Å²) in [4.78, 5) is 11.4. The number of rotatable bonds is 6. The molecule has 0 saturated carbocycles. The molecule has 26 heavy (non-hydrogen) atoms. The molecule has 4 heteroatoms. The molecule has 0 heterocycles. The molecule has 3 aromatic carbocycles. The highest BCUT2D eigenvalue weighted by Gasteiger charge is 2.00. The maximum atomic E-state index is 11.4. The van der Waals surface area contributed by atoms with Gasteiger partial charge in [-0.3, -0.25) is 4.79 Å². The highest BCUT2D eigenvalue weighted by molar-refractivity contribution is 5.90. The van der Waals surface area contributed by atoms with E-state index < -0.39 is 0 Å². The molecule has 0 saturated heterocycles. The van der Waals surface area contributed by atoms with Crippen LogP contribution in [0.25, 0.3) is 11.1 Å². The Kier molecular flexibility index (Phi) is 7.24. The lowest BCUT2D eigenvalue weighted by Gasteiger charge is -2.09. The molecule has 0 fully saturated rings. The van der Waals surface area contributed by atoms with E-state index in [1.54, 1.807) is 0 Å². The van der Waals surface area contributed by atoms with Gasteiger partial charge in [0.15, 0.2) is 0 Å². The van der Waals surface area contributed by atoms with Crippen molar-refractivity contribution in [3.63, 3.8) is 0 Å². The summed E-state index contributed by atoms with van der Waals surface area (Å²) in [6.45, 7) is 2.60. The fourth-order valence-electron chi connectivity index (χ4n) is 2.57. The van der Waals surface area contributed by atoms with Crippen LogP contribution >= 0.6 is 0 Å². The molecule has 1 amide bonds. The van der Waals surface area contributed by atoms with Crippen LogP contribution in [0.4, 0.5) is 11.4 Å². The fourth-order valence-corrected chi connectivity index (χ4v) is 2.57. The highest BCUT2D eigenvalue weighted by Crippen LogP contribution is 2.20. The molecule has 0 spiro atoms. The summed E-state index contributed by atoms with van der Waals surface area (Å²) in [5.74, 6) is 0.0271. The van der Waals surface area contributed by atoms with E-state index in [2.05, 4.69) is 59.2 Å². The Morgan fingerprint density at radius 2 is 1.35 bits per heavy atom. The van der Waals surface area contributed by atoms with Gasteiger partial charge in [-0.25, -0.2) is 0 Å². The summed E-state index contributed by atoms with van der Waals surface area (Å²) in [7, 11) is 0. The smallest absolute Gasteiger partial charge is 0.224 e. The van der Waals surface area contributed by atoms with Gasteiger partial charge in [0.2, 0.25) is 5.91 Å². The zero-order valence-corrected chi connectivity index (χ0v) is 15.5. The van der Waals surface area contributed by atoms with Crippen molar-refractivity contribution in [1.29, 1.82) is 0 Å². The predicted octanol–water partition coefficient (Wildman–Crippen LogP) is 2.32. The average Bonchev–Trinajstić information content (AvgIpc) is 2.68. The maximum absolute atomic E-state index is 11.4. The van der Waals surface area contributed by atoms with Crippen LogP contribution in [0.2, 0.25) is 0 Å². The first kappa shape index (κ1) is 19.5. The van der Waals surface area contributed by atoms with E-state index in [9.17, 15) is 4.79 Å². The SMILES string of the molecule is CCC(=O)Nc1ccc(NCc2ccc(-c3ccccc3)cc2)cc1.[Cl-]. The van der Waals surface area contributed by atoms with Crippen LogP contribution in [0.15, 0.2) is 78.9 Å². The molecular weight excluding hydrogens is 344 g/mol. The lowest BCUT2D eigenvalue weighted by Crippen LogP contribution is -3.00. The Balaban J connectivity index is 0.00000243. The second-order valence-corrected chi connectivity index (χ2v) is 5.90. The van der Waals surface area contributed by atoms with Crippen LogP contribution in [-0.4, -0.2) is 5.91 Å². The summed E-state index contributed by atoms with van der Waals surface area (Å²) in [5, 5.41) is 6.25. The first-order valence-corrected chi connectivity index (χ1v) is 8.53. The number of amides is 1. The molecule has 0 aliphatic carbocycles. The Bertz CT molecular complexity index is 815. The van der Waals surface area contributed by atoms with Gasteiger partial charge < -0.3 is 23.0 Å². The van der Waals surface area contributed by atoms with E-state index in [0.717, 1.165) is 17.9 Å². The lowest BCUT2D eigenvalue weighted by atomic mass is 10.0. The third-order valence-electron chi connectivity index (χ3n) is 4.05. The number of halogens is 1. The molecule has 3 rings (SSSR count). The predicted molar refractivity (Wildman–Crippen MR) is 105 cm³/mol. The number of hydrogen-bond donors (Lipinski definition) is 2. The monoisotopic (exact) mass is 365 g/mol. The molecule has 134 valence electrons. The summed E-state index contributed by atoms with van der Waals surface area (Å²) in [5.41, 5.74) is 5.53. The van der Waals surface area contributed by atoms with Gasteiger partial charge in [0, 0.05) is 24.3 Å². The molecule has 0 aliphatic rings. The lowest BCUT2D eigenvalue weighted by molar-refractivity contribution is -0.115. The van der Waals surface area contributed by atoms with Gasteiger partial charge in [-0.1, -0.05) is 61.5 Å².